The average molecular weight is 470 g/mol. The molecule has 1 saturated heterocycles. The fourth-order valence-electron chi connectivity index (χ4n) is 4.36. The Morgan fingerprint density at radius 1 is 0.939 bits per heavy atom. The van der Waals surface area contributed by atoms with Gasteiger partial charge in [-0.2, -0.15) is 0 Å². The highest BCUT2D eigenvalue weighted by atomic mass is 32.1. The van der Waals surface area contributed by atoms with Crippen molar-refractivity contribution in [2.45, 2.75) is 12.1 Å². The van der Waals surface area contributed by atoms with Gasteiger partial charge in [-0.25, -0.2) is 4.98 Å². The van der Waals surface area contributed by atoms with Gasteiger partial charge in [-0.05, 0) is 60.7 Å². The fraction of sp³-hybridized carbons (Fsp3) is 0.0800. The van der Waals surface area contributed by atoms with E-state index in [1.54, 1.807) is 29.7 Å². The monoisotopic (exact) mass is 469 g/mol. The third kappa shape index (κ3) is 3.35. The molecule has 1 fully saturated rings. The second kappa shape index (κ2) is 7.99. The number of pyridine rings is 1. The van der Waals surface area contributed by atoms with Gasteiger partial charge < -0.3 is 15.3 Å². The first-order valence-corrected chi connectivity index (χ1v) is 11.7. The molecule has 5 aromatic rings. The maximum Gasteiger partial charge on any atom is 0.194 e. The van der Waals surface area contributed by atoms with E-state index in [4.69, 9.17) is 17.2 Å². The molecule has 2 N–H and O–H groups in total. The van der Waals surface area contributed by atoms with E-state index in [0.717, 1.165) is 26.7 Å². The number of phenolic OH excluding ortho intramolecular Hbond substituents is 1. The Labute approximate surface area is 199 Å². The van der Waals surface area contributed by atoms with Gasteiger partial charge in [0.25, 0.3) is 0 Å². The molecule has 3 aromatic heterocycles. The number of nitrogens with one attached hydrogen (secondary N) is 1. The van der Waals surface area contributed by atoms with Crippen molar-refractivity contribution < 1.29 is 5.11 Å². The van der Waals surface area contributed by atoms with Gasteiger partial charge in [0.05, 0.1) is 33.3 Å². The van der Waals surface area contributed by atoms with Crippen molar-refractivity contribution in [2.75, 3.05) is 4.90 Å². The molecule has 0 bridgehead atoms. The number of thiocarbonyl (C=S) groups is 1. The quantitative estimate of drug-likeness (QED) is 0.345. The van der Waals surface area contributed by atoms with Crippen molar-refractivity contribution in [2.24, 2.45) is 0 Å². The standard InChI is InChI=1S/C25H19N5OS2/c31-20-12-3-2-10-18(20)30-23(22(28-24(30)32)17-9-5-6-14-26-17)19-11-7-15-29(19)25-27-16-8-1-4-13-21(16)33-25/h1-15,22-23,31H,(H,28,32)/t22-,23+/m1/s1. The number of rotatable bonds is 4. The zero-order chi connectivity index (χ0) is 22.4. The predicted molar refractivity (Wildman–Crippen MR) is 135 cm³/mol. The highest BCUT2D eigenvalue weighted by Gasteiger charge is 2.43. The average Bonchev–Trinajstić information content (AvgIpc) is 3.56. The van der Waals surface area contributed by atoms with Crippen LogP contribution in [-0.4, -0.2) is 24.8 Å². The topological polar surface area (TPSA) is 66.2 Å². The number of aromatic nitrogens is 3. The van der Waals surface area contributed by atoms with Gasteiger partial charge in [-0.1, -0.05) is 41.7 Å². The van der Waals surface area contributed by atoms with Crippen LogP contribution in [0.15, 0.2) is 91.3 Å². The molecule has 0 radical (unpaired) electrons. The summed E-state index contributed by atoms with van der Waals surface area (Å²) in [6, 6.07) is 24.9. The summed E-state index contributed by atoms with van der Waals surface area (Å²) in [5, 5.41) is 15.5. The summed E-state index contributed by atoms with van der Waals surface area (Å²) in [5.41, 5.74) is 3.49. The van der Waals surface area contributed by atoms with Gasteiger partial charge in [0, 0.05) is 12.4 Å². The van der Waals surface area contributed by atoms with E-state index in [9.17, 15) is 5.11 Å². The van der Waals surface area contributed by atoms with Crippen molar-refractivity contribution in [3.05, 3.63) is 103 Å². The van der Waals surface area contributed by atoms with Crippen LogP contribution < -0.4 is 10.2 Å². The molecule has 0 amide bonds. The molecule has 6 rings (SSSR count). The zero-order valence-corrected chi connectivity index (χ0v) is 19.0. The minimum Gasteiger partial charge on any atom is -0.506 e. The second-order valence-corrected chi connectivity index (χ2v) is 9.15. The van der Waals surface area contributed by atoms with Crippen LogP contribution in [0.25, 0.3) is 15.3 Å². The number of nitrogens with zero attached hydrogens (tertiary/aromatic N) is 4. The number of aromatic hydroxyl groups is 1. The van der Waals surface area contributed by atoms with Gasteiger partial charge in [-0.3, -0.25) is 9.55 Å². The molecule has 8 heteroatoms. The summed E-state index contributed by atoms with van der Waals surface area (Å²) < 4.78 is 3.24. The molecule has 1 aliphatic rings. The molecular formula is C25H19N5OS2. The number of hydrogen-bond donors (Lipinski definition) is 2. The van der Waals surface area contributed by atoms with E-state index in [1.165, 1.54) is 0 Å². The Kier molecular flexibility index (Phi) is 4.82. The predicted octanol–water partition coefficient (Wildman–Crippen LogP) is 5.36. The van der Waals surface area contributed by atoms with Crippen molar-refractivity contribution >= 4 is 44.6 Å². The summed E-state index contributed by atoms with van der Waals surface area (Å²) >= 11 is 7.42. The minimum atomic E-state index is -0.247. The smallest absolute Gasteiger partial charge is 0.194 e. The lowest BCUT2D eigenvalue weighted by molar-refractivity contribution is 0.472. The molecule has 33 heavy (non-hydrogen) atoms. The lowest BCUT2D eigenvalue weighted by Gasteiger charge is -2.28. The summed E-state index contributed by atoms with van der Waals surface area (Å²) in [7, 11) is 0. The van der Waals surface area contributed by atoms with E-state index in [1.807, 2.05) is 65.7 Å². The first-order valence-electron chi connectivity index (χ1n) is 10.5. The van der Waals surface area contributed by atoms with E-state index < -0.39 is 0 Å². The number of phenols is 1. The highest BCUT2D eigenvalue weighted by molar-refractivity contribution is 7.80. The first kappa shape index (κ1) is 19.9. The third-order valence-electron chi connectivity index (χ3n) is 5.81. The SMILES string of the molecule is Oc1ccccc1N1C(=S)N[C@H](c2ccccn2)[C@@H]1c1cccn1-c1nc2ccccc2s1. The maximum absolute atomic E-state index is 10.7. The van der Waals surface area contributed by atoms with E-state index in [-0.39, 0.29) is 17.8 Å². The molecule has 0 unspecified atom stereocenters. The summed E-state index contributed by atoms with van der Waals surface area (Å²) in [4.78, 5) is 11.4. The molecular weight excluding hydrogens is 450 g/mol. The van der Waals surface area contributed by atoms with E-state index in [0.29, 0.717) is 10.8 Å². The highest BCUT2D eigenvalue weighted by Crippen LogP contribution is 2.44. The van der Waals surface area contributed by atoms with Crippen LogP contribution in [0, 0.1) is 0 Å². The van der Waals surface area contributed by atoms with Crippen molar-refractivity contribution in [1.82, 2.24) is 19.9 Å². The first-order chi connectivity index (χ1) is 16.2. The lowest BCUT2D eigenvalue weighted by Crippen LogP contribution is -2.30. The normalized spacial score (nSPS) is 18.1. The van der Waals surface area contributed by atoms with Gasteiger partial charge in [0.1, 0.15) is 11.8 Å². The molecule has 0 spiro atoms. The Morgan fingerprint density at radius 3 is 2.58 bits per heavy atom. The molecule has 162 valence electrons. The number of para-hydroxylation sites is 3. The van der Waals surface area contributed by atoms with E-state index >= 15 is 0 Å². The van der Waals surface area contributed by atoms with Crippen molar-refractivity contribution in [3.63, 3.8) is 0 Å². The van der Waals surface area contributed by atoms with Gasteiger partial charge in [0.2, 0.25) is 0 Å². The number of hydrogen-bond acceptors (Lipinski definition) is 5. The van der Waals surface area contributed by atoms with Crippen LogP contribution >= 0.6 is 23.6 Å². The molecule has 0 aliphatic carbocycles. The molecule has 6 nitrogen and oxygen atoms in total. The Hall–Kier alpha value is -3.75. The zero-order valence-electron chi connectivity index (χ0n) is 17.4. The van der Waals surface area contributed by atoms with Gasteiger partial charge >= 0.3 is 0 Å². The Bertz CT molecular complexity index is 1430. The number of fused-ring (bicyclic) bond motifs is 1. The van der Waals surface area contributed by atoms with Crippen LogP contribution in [0.2, 0.25) is 0 Å². The summed E-state index contributed by atoms with van der Waals surface area (Å²) in [5.74, 6) is 0.173. The van der Waals surface area contributed by atoms with Gasteiger partial charge in [-0.15, -0.1) is 0 Å². The second-order valence-electron chi connectivity index (χ2n) is 7.75. The summed E-state index contributed by atoms with van der Waals surface area (Å²) in [6.07, 6.45) is 3.80. The van der Waals surface area contributed by atoms with Crippen LogP contribution in [0.4, 0.5) is 5.69 Å². The van der Waals surface area contributed by atoms with Crippen LogP contribution in [0.1, 0.15) is 23.5 Å². The van der Waals surface area contributed by atoms with Crippen LogP contribution in [0.5, 0.6) is 5.75 Å². The molecule has 0 saturated carbocycles. The van der Waals surface area contributed by atoms with Crippen LogP contribution in [-0.2, 0) is 0 Å². The van der Waals surface area contributed by atoms with Crippen molar-refractivity contribution in [3.8, 4) is 10.9 Å². The maximum atomic E-state index is 10.7. The number of anilines is 1. The lowest BCUT2D eigenvalue weighted by atomic mass is 10.0. The minimum absolute atomic E-state index is 0.173. The molecule has 2 aromatic carbocycles. The Morgan fingerprint density at radius 2 is 1.76 bits per heavy atom. The summed E-state index contributed by atoms with van der Waals surface area (Å²) in [6.45, 7) is 0. The molecule has 2 atom stereocenters. The van der Waals surface area contributed by atoms with Gasteiger partial charge in [0.15, 0.2) is 10.2 Å². The number of benzene rings is 2. The molecule has 1 aliphatic heterocycles. The fourth-order valence-corrected chi connectivity index (χ4v) is 5.66. The van der Waals surface area contributed by atoms with Crippen molar-refractivity contribution in [1.29, 1.82) is 0 Å². The third-order valence-corrected chi connectivity index (χ3v) is 7.16. The van der Waals surface area contributed by atoms with Crippen LogP contribution in [0.3, 0.4) is 0 Å². The Balaban J connectivity index is 1.53. The molecule has 4 heterocycles. The largest absolute Gasteiger partial charge is 0.506 e. The number of thiazole rings is 1. The van der Waals surface area contributed by atoms with E-state index in [2.05, 4.69) is 27.0 Å².